The van der Waals surface area contributed by atoms with Crippen LogP contribution in [0.2, 0.25) is 0 Å². The summed E-state index contributed by atoms with van der Waals surface area (Å²) in [6, 6.07) is 6.83. The van der Waals surface area contributed by atoms with Crippen molar-refractivity contribution in [1.82, 2.24) is 14.0 Å². The van der Waals surface area contributed by atoms with Crippen molar-refractivity contribution in [2.45, 2.75) is 32.5 Å². The number of para-hydroxylation sites is 2. The molecule has 134 valence electrons. The number of benzene rings is 1. The molecule has 2 heterocycles. The van der Waals surface area contributed by atoms with Crippen LogP contribution in [0.5, 0.6) is 0 Å². The monoisotopic (exact) mass is 347 g/mol. The summed E-state index contributed by atoms with van der Waals surface area (Å²) in [5, 5.41) is 9.02. The Morgan fingerprint density at radius 1 is 1.24 bits per heavy atom. The Balaban J connectivity index is 1.90. The van der Waals surface area contributed by atoms with Gasteiger partial charge in [0, 0.05) is 13.1 Å². The number of aromatic nitrogens is 2. The van der Waals surface area contributed by atoms with E-state index in [0.717, 1.165) is 5.52 Å². The number of carbonyl (C=O) groups excluding carboxylic acids is 1. The van der Waals surface area contributed by atoms with Gasteiger partial charge in [-0.3, -0.25) is 18.7 Å². The van der Waals surface area contributed by atoms with E-state index in [1.807, 2.05) is 31.2 Å². The van der Waals surface area contributed by atoms with Gasteiger partial charge in [0.1, 0.15) is 6.54 Å². The first-order valence-corrected chi connectivity index (χ1v) is 8.30. The topological polar surface area (TPSA) is 93.8 Å². The number of hydrogen-bond acceptors (Lipinski definition) is 4. The van der Waals surface area contributed by atoms with Gasteiger partial charge in [-0.05, 0) is 19.1 Å². The number of carboxylic acids is 1. The fourth-order valence-corrected chi connectivity index (χ4v) is 3.31. The van der Waals surface area contributed by atoms with Gasteiger partial charge < -0.3 is 14.7 Å². The number of ether oxygens (including phenoxy) is 1. The zero-order chi connectivity index (χ0) is 18.0. The van der Waals surface area contributed by atoms with Gasteiger partial charge in [0.2, 0.25) is 5.91 Å². The van der Waals surface area contributed by atoms with Crippen LogP contribution in [-0.4, -0.2) is 56.8 Å². The maximum atomic E-state index is 12.8. The lowest BCUT2D eigenvalue weighted by Crippen LogP contribution is -2.51. The third kappa shape index (κ3) is 3.30. The molecule has 1 atom stereocenters. The van der Waals surface area contributed by atoms with E-state index < -0.39 is 12.0 Å². The zero-order valence-corrected chi connectivity index (χ0v) is 14.1. The summed E-state index contributed by atoms with van der Waals surface area (Å²) in [4.78, 5) is 37.9. The Morgan fingerprint density at radius 2 is 1.92 bits per heavy atom. The number of morpholine rings is 1. The van der Waals surface area contributed by atoms with Gasteiger partial charge in [-0.2, -0.15) is 0 Å². The molecule has 1 fully saturated rings. The van der Waals surface area contributed by atoms with E-state index in [9.17, 15) is 14.4 Å². The molecule has 1 N–H and O–H groups in total. The Kier molecular flexibility index (Phi) is 4.89. The smallest absolute Gasteiger partial charge is 0.329 e. The number of carbonyl (C=O) groups is 2. The van der Waals surface area contributed by atoms with Gasteiger partial charge in [0.25, 0.3) is 0 Å². The number of nitrogens with zero attached hydrogens (tertiary/aromatic N) is 3. The minimum Gasteiger partial charge on any atom is -0.481 e. The molecule has 3 rings (SSSR count). The number of hydrogen-bond donors (Lipinski definition) is 1. The molecule has 0 radical (unpaired) electrons. The molecule has 1 aromatic carbocycles. The average Bonchev–Trinajstić information content (AvgIpc) is 2.86. The number of aryl methyl sites for hydroxylation is 1. The molecule has 1 aromatic heterocycles. The molecular formula is C17H21N3O5. The SMILES string of the molecule is CCn1c(=O)n(CC(=O)N2CCOC[C@H]2CC(=O)O)c2ccccc21. The van der Waals surface area contributed by atoms with Crippen molar-refractivity contribution in [2.24, 2.45) is 0 Å². The highest BCUT2D eigenvalue weighted by Gasteiger charge is 2.29. The Bertz CT molecular complexity index is 854. The van der Waals surface area contributed by atoms with E-state index in [-0.39, 0.29) is 31.2 Å². The Hall–Kier alpha value is -2.61. The molecule has 2 aromatic rings. The zero-order valence-electron chi connectivity index (χ0n) is 14.1. The van der Waals surface area contributed by atoms with Crippen LogP contribution in [0.3, 0.4) is 0 Å². The van der Waals surface area contributed by atoms with Crippen molar-refractivity contribution < 1.29 is 19.4 Å². The largest absolute Gasteiger partial charge is 0.481 e. The molecule has 25 heavy (non-hydrogen) atoms. The van der Waals surface area contributed by atoms with Crippen LogP contribution in [0.15, 0.2) is 29.1 Å². The maximum absolute atomic E-state index is 12.8. The molecule has 0 unspecified atom stereocenters. The molecular weight excluding hydrogens is 326 g/mol. The third-order valence-electron chi connectivity index (χ3n) is 4.49. The van der Waals surface area contributed by atoms with Crippen molar-refractivity contribution in [3.8, 4) is 0 Å². The maximum Gasteiger partial charge on any atom is 0.329 e. The minimum absolute atomic E-state index is 0.109. The van der Waals surface area contributed by atoms with Crippen LogP contribution in [0.4, 0.5) is 0 Å². The highest BCUT2D eigenvalue weighted by molar-refractivity contribution is 5.81. The average molecular weight is 347 g/mol. The Labute approximate surface area is 144 Å². The van der Waals surface area contributed by atoms with Gasteiger partial charge in [-0.25, -0.2) is 4.79 Å². The van der Waals surface area contributed by atoms with Crippen LogP contribution in [0, 0.1) is 0 Å². The van der Waals surface area contributed by atoms with E-state index >= 15 is 0 Å². The number of amides is 1. The molecule has 0 bridgehead atoms. The van der Waals surface area contributed by atoms with Crippen molar-refractivity contribution in [1.29, 1.82) is 0 Å². The lowest BCUT2D eigenvalue weighted by atomic mass is 10.1. The second kappa shape index (κ2) is 7.10. The first-order chi connectivity index (χ1) is 12.0. The van der Waals surface area contributed by atoms with Crippen molar-refractivity contribution in [3.05, 3.63) is 34.7 Å². The van der Waals surface area contributed by atoms with Crippen LogP contribution < -0.4 is 5.69 Å². The normalized spacial score (nSPS) is 17.8. The second-order valence-electron chi connectivity index (χ2n) is 6.02. The lowest BCUT2D eigenvalue weighted by Gasteiger charge is -2.34. The predicted octanol–water partition coefficient (Wildman–Crippen LogP) is 0.525. The Morgan fingerprint density at radius 3 is 2.56 bits per heavy atom. The van der Waals surface area contributed by atoms with E-state index in [0.29, 0.717) is 25.2 Å². The molecule has 0 aliphatic carbocycles. The van der Waals surface area contributed by atoms with Crippen LogP contribution in [0.25, 0.3) is 11.0 Å². The first-order valence-electron chi connectivity index (χ1n) is 8.30. The van der Waals surface area contributed by atoms with Crippen LogP contribution >= 0.6 is 0 Å². The lowest BCUT2D eigenvalue weighted by molar-refractivity contribution is -0.146. The van der Waals surface area contributed by atoms with Crippen molar-refractivity contribution >= 4 is 22.9 Å². The number of imidazole rings is 1. The summed E-state index contributed by atoms with van der Waals surface area (Å²) >= 11 is 0. The summed E-state index contributed by atoms with van der Waals surface area (Å²) in [5.74, 6) is -1.25. The molecule has 0 spiro atoms. The molecule has 1 amide bonds. The number of aliphatic carboxylic acids is 1. The number of fused-ring (bicyclic) bond motifs is 1. The highest BCUT2D eigenvalue weighted by Crippen LogP contribution is 2.15. The standard InChI is InChI=1S/C17H21N3O5/c1-2-18-13-5-3-4-6-14(13)20(17(18)24)10-15(21)19-7-8-25-11-12(19)9-16(22)23/h3-6,12H,2,7-11H2,1H3,(H,22,23)/t12-/m1/s1. The van der Waals surface area contributed by atoms with Crippen LogP contribution in [0.1, 0.15) is 13.3 Å². The fourth-order valence-electron chi connectivity index (χ4n) is 3.31. The molecule has 8 heteroatoms. The second-order valence-corrected chi connectivity index (χ2v) is 6.02. The molecule has 8 nitrogen and oxygen atoms in total. The van der Waals surface area contributed by atoms with Gasteiger partial charge in [-0.1, -0.05) is 12.1 Å². The number of rotatable bonds is 5. The quantitative estimate of drug-likeness (QED) is 0.851. The van der Waals surface area contributed by atoms with E-state index in [2.05, 4.69) is 0 Å². The first kappa shape index (κ1) is 17.2. The van der Waals surface area contributed by atoms with Crippen molar-refractivity contribution in [3.63, 3.8) is 0 Å². The summed E-state index contributed by atoms with van der Waals surface area (Å²) in [6.07, 6.45) is -0.169. The summed E-state index contributed by atoms with van der Waals surface area (Å²) in [5.41, 5.74) is 1.25. The summed E-state index contributed by atoms with van der Waals surface area (Å²) < 4.78 is 8.37. The van der Waals surface area contributed by atoms with Crippen LogP contribution in [-0.2, 0) is 27.4 Å². The third-order valence-corrected chi connectivity index (χ3v) is 4.49. The molecule has 1 saturated heterocycles. The minimum atomic E-state index is -0.979. The predicted molar refractivity (Wildman–Crippen MR) is 90.4 cm³/mol. The summed E-state index contributed by atoms with van der Waals surface area (Å²) in [6.45, 7) is 3.18. The molecule has 1 aliphatic heterocycles. The number of carboxylic acid groups (broad SMARTS) is 1. The van der Waals surface area contributed by atoms with E-state index in [4.69, 9.17) is 9.84 Å². The van der Waals surface area contributed by atoms with Gasteiger partial charge in [0.05, 0.1) is 36.7 Å². The fraction of sp³-hybridized carbons (Fsp3) is 0.471. The van der Waals surface area contributed by atoms with Gasteiger partial charge >= 0.3 is 11.7 Å². The van der Waals surface area contributed by atoms with Crippen molar-refractivity contribution in [2.75, 3.05) is 19.8 Å². The van der Waals surface area contributed by atoms with Gasteiger partial charge in [0.15, 0.2) is 0 Å². The molecule has 0 saturated carbocycles. The highest BCUT2D eigenvalue weighted by atomic mass is 16.5. The van der Waals surface area contributed by atoms with E-state index in [1.165, 1.54) is 9.47 Å². The van der Waals surface area contributed by atoms with Gasteiger partial charge in [-0.15, -0.1) is 0 Å². The van der Waals surface area contributed by atoms with E-state index in [1.54, 1.807) is 4.57 Å². The summed E-state index contributed by atoms with van der Waals surface area (Å²) in [7, 11) is 0. The molecule has 1 aliphatic rings.